The minimum Gasteiger partial charge on any atom is -0.494 e. The van der Waals surface area contributed by atoms with Crippen LogP contribution in [-0.4, -0.2) is 12.4 Å². The van der Waals surface area contributed by atoms with Crippen molar-refractivity contribution >= 4 is 11.5 Å². The predicted octanol–water partition coefficient (Wildman–Crippen LogP) is 3.92. The lowest BCUT2D eigenvalue weighted by molar-refractivity contribution is -0.120. The summed E-state index contributed by atoms with van der Waals surface area (Å²) in [5.41, 5.74) is 2.36. The van der Waals surface area contributed by atoms with E-state index >= 15 is 0 Å². The van der Waals surface area contributed by atoms with Gasteiger partial charge in [-0.25, -0.2) is 0 Å². The van der Waals surface area contributed by atoms with Crippen LogP contribution in [0, 0.1) is 0 Å². The molecule has 0 radical (unpaired) electrons. The Morgan fingerprint density at radius 2 is 1.89 bits per heavy atom. The van der Waals surface area contributed by atoms with Crippen LogP contribution in [0.5, 0.6) is 0 Å². The topological polar surface area (TPSA) is 26.3 Å². The predicted molar refractivity (Wildman–Crippen MR) is 73.3 cm³/mol. The molecule has 0 N–H and O–H groups in total. The standard InChI is InChI=1S/C16H20O2/c1-3-18-12(2)13-4-6-14(7-5-13)15-8-10-16(17)11-9-15/h4-7,15H,2-3,8-11H2,1H3. The molecule has 2 nitrogen and oxygen atoms in total. The fraction of sp³-hybridized carbons (Fsp3) is 0.438. The van der Waals surface area contributed by atoms with E-state index in [4.69, 9.17) is 4.74 Å². The normalized spacial score (nSPS) is 16.6. The Morgan fingerprint density at radius 1 is 1.28 bits per heavy atom. The summed E-state index contributed by atoms with van der Waals surface area (Å²) in [6, 6.07) is 8.40. The monoisotopic (exact) mass is 244 g/mol. The number of carbonyl (C=O) groups excluding carboxylic acids is 1. The first-order valence-corrected chi connectivity index (χ1v) is 6.64. The van der Waals surface area contributed by atoms with E-state index in [1.54, 1.807) is 0 Å². The van der Waals surface area contributed by atoms with Crippen LogP contribution in [0.2, 0.25) is 0 Å². The van der Waals surface area contributed by atoms with Gasteiger partial charge in [0.1, 0.15) is 11.5 Å². The summed E-state index contributed by atoms with van der Waals surface area (Å²) in [5, 5.41) is 0. The zero-order valence-corrected chi connectivity index (χ0v) is 10.9. The molecule has 1 saturated carbocycles. The molecule has 1 aliphatic carbocycles. The first-order chi connectivity index (χ1) is 8.70. The number of Topliss-reactive ketones (excluding diaryl/α,β-unsaturated/α-hetero) is 1. The van der Waals surface area contributed by atoms with Gasteiger partial charge >= 0.3 is 0 Å². The van der Waals surface area contributed by atoms with Crippen LogP contribution in [0.3, 0.4) is 0 Å². The largest absolute Gasteiger partial charge is 0.494 e. The fourth-order valence-electron chi connectivity index (χ4n) is 2.47. The van der Waals surface area contributed by atoms with Crippen molar-refractivity contribution in [3.8, 4) is 0 Å². The van der Waals surface area contributed by atoms with Crippen molar-refractivity contribution in [3.05, 3.63) is 42.0 Å². The second kappa shape index (κ2) is 5.85. The lowest BCUT2D eigenvalue weighted by Crippen LogP contribution is -2.12. The van der Waals surface area contributed by atoms with Gasteiger partial charge in [0.25, 0.3) is 0 Å². The van der Waals surface area contributed by atoms with E-state index in [0.29, 0.717) is 18.3 Å². The Kier molecular flexibility index (Phi) is 4.19. The molecule has 2 rings (SSSR count). The van der Waals surface area contributed by atoms with E-state index < -0.39 is 0 Å². The lowest BCUT2D eigenvalue weighted by atomic mass is 9.83. The van der Waals surface area contributed by atoms with E-state index in [1.165, 1.54) is 5.56 Å². The van der Waals surface area contributed by atoms with Gasteiger partial charge < -0.3 is 4.74 Å². The van der Waals surface area contributed by atoms with E-state index in [9.17, 15) is 4.79 Å². The first kappa shape index (κ1) is 12.9. The van der Waals surface area contributed by atoms with Gasteiger partial charge in [0.2, 0.25) is 0 Å². The van der Waals surface area contributed by atoms with E-state index in [2.05, 4.69) is 30.8 Å². The number of carbonyl (C=O) groups is 1. The van der Waals surface area contributed by atoms with E-state index in [1.807, 2.05) is 6.92 Å². The average molecular weight is 244 g/mol. The second-order valence-electron chi connectivity index (χ2n) is 4.79. The fourth-order valence-corrected chi connectivity index (χ4v) is 2.47. The number of ether oxygens (including phenoxy) is 1. The van der Waals surface area contributed by atoms with E-state index in [-0.39, 0.29) is 0 Å². The molecule has 0 aromatic heterocycles. The molecule has 0 amide bonds. The SMILES string of the molecule is C=C(OCC)c1ccc(C2CCC(=O)CC2)cc1. The summed E-state index contributed by atoms with van der Waals surface area (Å²) in [6.07, 6.45) is 3.45. The molecule has 18 heavy (non-hydrogen) atoms. The molecule has 0 bridgehead atoms. The molecule has 0 atom stereocenters. The lowest BCUT2D eigenvalue weighted by Gasteiger charge is -2.21. The van der Waals surface area contributed by atoms with Crippen LogP contribution in [0.4, 0.5) is 0 Å². The minimum atomic E-state index is 0.410. The van der Waals surface area contributed by atoms with Crippen molar-refractivity contribution in [1.82, 2.24) is 0 Å². The summed E-state index contributed by atoms with van der Waals surface area (Å²) in [4.78, 5) is 11.2. The smallest absolute Gasteiger partial charge is 0.132 e. The van der Waals surface area contributed by atoms with Gasteiger partial charge in [0, 0.05) is 18.4 Å². The molecule has 0 spiro atoms. The maximum atomic E-state index is 11.2. The zero-order chi connectivity index (χ0) is 13.0. The highest BCUT2D eigenvalue weighted by Gasteiger charge is 2.19. The summed E-state index contributed by atoms with van der Waals surface area (Å²) in [7, 11) is 0. The highest BCUT2D eigenvalue weighted by atomic mass is 16.5. The zero-order valence-electron chi connectivity index (χ0n) is 10.9. The molecule has 0 aliphatic heterocycles. The Balaban J connectivity index is 2.03. The Morgan fingerprint density at radius 3 is 2.44 bits per heavy atom. The van der Waals surface area contributed by atoms with Gasteiger partial charge in [-0.15, -0.1) is 0 Å². The van der Waals surface area contributed by atoms with Gasteiger partial charge in [-0.3, -0.25) is 4.79 Å². The maximum absolute atomic E-state index is 11.2. The van der Waals surface area contributed by atoms with Crippen molar-refractivity contribution in [2.45, 2.75) is 38.5 Å². The highest BCUT2D eigenvalue weighted by molar-refractivity contribution is 5.79. The molecule has 1 aromatic carbocycles. The number of hydrogen-bond acceptors (Lipinski definition) is 2. The van der Waals surface area contributed by atoms with Crippen LogP contribution in [-0.2, 0) is 9.53 Å². The third-order valence-corrected chi connectivity index (χ3v) is 3.57. The molecule has 1 aliphatic rings. The van der Waals surface area contributed by atoms with Crippen LogP contribution in [0.25, 0.3) is 5.76 Å². The third kappa shape index (κ3) is 3.00. The Bertz CT molecular complexity index is 421. The number of benzene rings is 1. The first-order valence-electron chi connectivity index (χ1n) is 6.64. The van der Waals surface area contributed by atoms with Gasteiger partial charge in [-0.05, 0) is 31.2 Å². The number of hydrogen-bond donors (Lipinski definition) is 0. The molecule has 0 unspecified atom stereocenters. The highest BCUT2D eigenvalue weighted by Crippen LogP contribution is 2.31. The minimum absolute atomic E-state index is 0.410. The molecule has 1 aromatic rings. The number of ketones is 1. The Hall–Kier alpha value is -1.57. The van der Waals surface area contributed by atoms with Crippen LogP contribution in [0.1, 0.15) is 49.7 Å². The summed E-state index contributed by atoms with van der Waals surface area (Å²) in [6.45, 7) is 6.50. The summed E-state index contributed by atoms with van der Waals surface area (Å²) < 4.78 is 5.39. The molecule has 2 heteroatoms. The van der Waals surface area contributed by atoms with Gasteiger partial charge in [0.05, 0.1) is 6.61 Å². The van der Waals surface area contributed by atoms with Gasteiger partial charge in [-0.2, -0.15) is 0 Å². The van der Waals surface area contributed by atoms with Crippen LogP contribution >= 0.6 is 0 Å². The molecule has 96 valence electrons. The Labute approximate surface area is 109 Å². The molecule has 0 heterocycles. The van der Waals surface area contributed by atoms with Gasteiger partial charge in [0.15, 0.2) is 0 Å². The van der Waals surface area contributed by atoms with Crippen molar-refractivity contribution < 1.29 is 9.53 Å². The van der Waals surface area contributed by atoms with Crippen molar-refractivity contribution in [1.29, 1.82) is 0 Å². The second-order valence-corrected chi connectivity index (χ2v) is 4.79. The molecule has 0 saturated heterocycles. The van der Waals surface area contributed by atoms with Crippen LogP contribution < -0.4 is 0 Å². The average Bonchev–Trinajstić information content (AvgIpc) is 2.40. The molecule has 1 fully saturated rings. The molecular formula is C16H20O2. The third-order valence-electron chi connectivity index (χ3n) is 3.57. The summed E-state index contributed by atoms with van der Waals surface area (Å²) >= 11 is 0. The van der Waals surface area contributed by atoms with Crippen LogP contribution in [0.15, 0.2) is 30.8 Å². The molecular weight excluding hydrogens is 224 g/mol. The quantitative estimate of drug-likeness (QED) is 0.750. The maximum Gasteiger partial charge on any atom is 0.132 e. The van der Waals surface area contributed by atoms with Crippen molar-refractivity contribution in [2.24, 2.45) is 0 Å². The van der Waals surface area contributed by atoms with E-state index in [0.717, 1.165) is 37.0 Å². The number of rotatable bonds is 4. The van der Waals surface area contributed by atoms with Crippen molar-refractivity contribution in [2.75, 3.05) is 6.61 Å². The van der Waals surface area contributed by atoms with Crippen molar-refractivity contribution in [3.63, 3.8) is 0 Å². The van der Waals surface area contributed by atoms with Gasteiger partial charge in [-0.1, -0.05) is 30.8 Å². The summed E-state index contributed by atoms with van der Waals surface area (Å²) in [5.74, 6) is 1.67.